The van der Waals surface area contributed by atoms with Crippen LogP contribution in [-0.4, -0.2) is 51.3 Å². The molecule has 0 bridgehead atoms. The third kappa shape index (κ3) is 3.89. The second-order valence-corrected chi connectivity index (χ2v) is 8.90. The predicted molar refractivity (Wildman–Crippen MR) is 108 cm³/mol. The van der Waals surface area contributed by atoms with E-state index in [2.05, 4.69) is 10.4 Å². The molecule has 172 valence electrons. The van der Waals surface area contributed by atoms with Gasteiger partial charge in [0.25, 0.3) is 11.8 Å². The highest BCUT2D eigenvalue weighted by Gasteiger charge is 2.55. The zero-order valence-electron chi connectivity index (χ0n) is 17.0. The molecule has 32 heavy (non-hydrogen) atoms. The number of primary amides is 1. The molecule has 1 fully saturated rings. The Labute approximate surface area is 185 Å². The number of nitrogens with two attached hydrogens (primary N) is 1. The summed E-state index contributed by atoms with van der Waals surface area (Å²) in [6.07, 6.45) is -0.988. The highest BCUT2D eigenvalue weighted by molar-refractivity contribution is 6.31. The first-order valence-corrected chi connectivity index (χ1v) is 10.2. The summed E-state index contributed by atoms with van der Waals surface area (Å²) in [7, 11) is 0. The minimum atomic E-state index is -2.84. The smallest absolute Gasteiger partial charge is 0.318 e. The van der Waals surface area contributed by atoms with Crippen molar-refractivity contribution in [2.75, 3.05) is 13.2 Å². The van der Waals surface area contributed by atoms with Crippen LogP contribution in [0.1, 0.15) is 41.9 Å². The Bertz CT molecular complexity index is 1100. The number of aromatic nitrogens is 2. The molecule has 2 heterocycles. The zero-order valence-corrected chi connectivity index (χ0v) is 17.7. The number of halogens is 5. The Balaban J connectivity index is 1.68. The van der Waals surface area contributed by atoms with E-state index < -0.39 is 54.8 Å². The lowest BCUT2D eigenvalue weighted by molar-refractivity contribution is -0.124. The average molecular weight is 474 g/mol. The molecule has 1 aromatic carbocycles. The molecule has 12 heteroatoms. The van der Waals surface area contributed by atoms with Crippen LogP contribution < -0.4 is 11.1 Å². The molecular weight excluding hydrogens is 454 g/mol. The molecule has 1 aliphatic heterocycles. The van der Waals surface area contributed by atoms with Gasteiger partial charge in [-0.05, 0) is 25.1 Å². The van der Waals surface area contributed by atoms with Crippen LogP contribution in [0.2, 0.25) is 5.02 Å². The van der Waals surface area contributed by atoms with Crippen LogP contribution in [0.15, 0.2) is 18.2 Å². The summed E-state index contributed by atoms with van der Waals surface area (Å²) in [4.78, 5) is 26.3. The predicted octanol–water partition coefficient (Wildman–Crippen LogP) is 3.67. The second-order valence-electron chi connectivity index (χ2n) is 8.50. The van der Waals surface area contributed by atoms with E-state index in [4.69, 9.17) is 17.3 Å². The number of hydrogen-bond acceptors (Lipinski definition) is 3. The number of rotatable bonds is 4. The summed E-state index contributed by atoms with van der Waals surface area (Å²) in [6, 6.07) is 2.14. The van der Waals surface area contributed by atoms with Gasteiger partial charge in [0, 0.05) is 24.9 Å². The molecule has 7 nitrogen and oxygen atoms in total. The molecule has 1 aromatic heterocycles. The van der Waals surface area contributed by atoms with Gasteiger partial charge in [0.1, 0.15) is 18.2 Å². The molecular formula is C20H20ClF4N5O2. The Morgan fingerprint density at radius 2 is 2.03 bits per heavy atom. The molecule has 4 rings (SSSR count). The second kappa shape index (κ2) is 7.65. The highest BCUT2D eigenvalue weighted by Crippen LogP contribution is 2.45. The van der Waals surface area contributed by atoms with Gasteiger partial charge in [-0.3, -0.25) is 9.48 Å². The first-order chi connectivity index (χ1) is 14.9. The molecule has 1 atom stereocenters. The van der Waals surface area contributed by atoms with E-state index in [1.807, 2.05) is 0 Å². The minimum absolute atomic E-state index is 0.0509. The number of carbonyl (C=O) groups is 2. The van der Waals surface area contributed by atoms with Crippen molar-refractivity contribution in [3.63, 3.8) is 0 Å². The lowest BCUT2D eigenvalue weighted by Gasteiger charge is -2.46. The fraction of sp³-hybridized carbons (Fsp3) is 0.450. The van der Waals surface area contributed by atoms with Crippen LogP contribution in [0.4, 0.5) is 22.4 Å². The standard InChI is InChI=1S/C20H20ClF4N5O2/c1-19(8-20(24,25)9-19)27-18(32)29-6-11(5-22)30-14(7-29)15(17(26)31)16(28-30)10-2-3-13(23)12(21)4-10/h2-4,11H,5-9H2,1H3,(H2,26,31)(H,27,32). The van der Waals surface area contributed by atoms with E-state index in [0.29, 0.717) is 5.56 Å². The number of fused-ring (bicyclic) bond motifs is 1. The van der Waals surface area contributed by atoms with Gasteiger partial charge in [0.15, 0.2) is 0 Å². The van der Waals surface area contributed by atoms with Crippen molar-refractivity contribution < 1.29 is 27.2 Å². The van der Waals surface area contributed by atoms with Crippen LogP contribution in [-0.2, 0) is 6.54 Å². The van der Waals surface area contributed by atoms with E-state index in [9.17, 15) is 27.2 Å². The van der Waals surface area contributed by atoms with Gasteiger partial charge in [-0.1, -0.05) is 11.6 Å². The summed E-state index contributed by atoms with van der Waals surface area (Å²) in [5, 5.41) is 6.69. The molecule has 1 saturated carbocycles. The number of alkyl halides is 3. The van der Waals surface area contributed by atoms with E-state index >= 15 is 0 Å². The van der Waals surface area contributed by atoms with Crippen molar-refractivity contribution in [1.82, 2.24) is 20.0 Å². The lowest BCUT2D eigenvalue weighted by atomic mass is 9.75. The first-order valence-electron chi connectivity index (χ1n) is 9.80. The highest BCUT2D eigenvalue weighted by atomic mass is 35.5. The molecule has 3 amide bonds. The summed E-state index contributed by atoms with van der Waals surface area (Å²) in [5.41, 5.74) is 5.01. The normalized spacial score (nSPS) is 20.9. The van der Waals surface area contributed by atoms with Gasteiger partial charge in [-0.25, -0.2) is 22.4 Å². The van der Waals surface area contributed by atoms with E-state index in [-0.39, 0.29) is 35.1 Å². The van der Waals surface area contributed by atoms with Gasteiger partial charge in [-0.2, -0.15) is 5.10 Å². The van der Waals surface area contributed by atoms with Crippen LogP contribution in [0.25, 0.3) is 11.3 Å². The average Bonchev–Trinajstić information content (AvgIpc) is 3.07. The molecule has 1 aliphatic carbocycles. The van der Waals surface area contributed by atoms with Crippen molar-refractivity contribution in [2.24, 2.45) is 5.73 Å². The van der Waals surface area contributed by atoms with Crippen LogP contribution in [0, 0.1) is 5.82 Å². The third-order valence-corrected chi connectivity index (χ3v) is 6.03. The van der Waals surface area contributed by atoms with E-state index in [1.54, 1.807) is 0 Å². The van der Waals surface area contributed by atoms with Crippen LogP contribution in [0.5, 0.6) is 0 Å². The molecule has 0 radical (unpaired) electrons. The monoisotopic (exact) mass is 473 g/mol. The fourth-order valence-electron chi connectivity index (χ4n) is 4.39. The zero-order chi connectivity index (χ0) is 23.4. The summed E-state index contributed by atoms with van der Waals surface area (Å²) in [5.74, 6) is -4.37. The van der Waals surface area contributed by atoms with E-state index in [0.717, 1.165) is 6.07 Å². The van der Waals surface area contributed by atoms with Crippen LogP contribution >= 0.6 is 11.6 Å². The fourth-order valence-corrected chi connectivity index (χ4v) is 4.57. The van der Waals surface area contributed by atoms with Gasteiger partial charge in [0.05, 0.1) is 34.4 Å². The number of carbonyl (C=O) groups excluding carboxylic acids is 2. The maximum Gasteiger partial charge on any atom is 0.318 e. The molecule has 1 unspecified atom stereocenters. The summed E-state index contributed by atoms with van der Waals surface area (Å²) < 4.78 is 55.3. The molecule has 3 N–H and O–H groups in total. The number of amides is 3. The van der Waals surface area contributed by atoms with Crippen molar-refractivity contribution in [3.8, 4) is 11.3 Å². The van der Waals surface area contributed by atoms with Crippen molar-refractivity contribution in [3.05, 3.63) is 40.3 Å². The van der Waals surface area contributed by atoms with Gasteiger partial charge in [0.2, 0.25) is 0 Å². The Kier molecular flexibility index (Phi) is 5.35. The molecule has 2 aliphatic rings. The number of nitrogens with one attached hydrogen (secondary N) is 1. The van der Waals surface area contributed by atoms with Crippen molar-refractivity contribution >= 4 is 23.5 Å². The number of hydrogen-bond donors (Lipinski definition) is 2. The summed E-state index contributed by atoms with van der Waals surface area (Å²) >= 11 is 5.84. The Morgan fingerprint density at radius 3 is 2.59 bits per heavy atom. The molecule has 0 saturated heterocycles. The maximum absolute atomic E-state index is 13.9. The Morgan fingerprint density at radius 1 is 1.34 bits per heavy atom. The topological polar surface area (TPSA) is 93.2 Å². The van der Waals surface area contributed by atoms with E-state index in [1.165, 1.54) is 28.6 Å². The minimum Gasteiger partial charge on any atom is -0.365 e. The van der Waals surface area contributed by atoms with Gasteiger partial charge in [-0.15, -0.1) is 0 Å². The SMILES string of the molecule is CC1(NC(=O)N2Cc3c(C(N)=O)c(-c4ccc(F)c(Cl)c4)nn3C(CF)C2)CC(F)(F)C1. The third-order valence-electron chi connectivity index (χ3n) is 5.74. The largest absolute Gasteiger partial charge is 0.365 e. The number of nitrogens with zero attached hydrogens (tertiary/aromatic N) is 3. The first kappa shape index (κ1) is 22.4. The maximum atomic E-state index is 13.9. The van der Waals surface area contributed by atoms with Gasteiger partial charge < -0.3 is 16.0 Å². The van der Waals surface area contributed by atoms with Crippen LogP contribution in [0.3, 0.4) is 0 Å². The quantitative estimate of drug-likeness (QED) is 0.664. The lowest BCUT2D eigenvalue weighted by Crippen LogP contribution is -2.63. The molecule has 2 aromatic rings. The van der Waals surface area contributed by atoms with Crippen molar-refractivity contribution in [1.29, 1.82) is 0 Å². The summed E-state index contributed by atoms with van der Waals surface area (Å²) in [6.45, 7) is 0.365. The number of benzene rings is 1. The van der Waals surface area contributed by atoms with Gasteiger partial charge >= 0.3 is 6.03 Å². The molecule has 0 spiro atoms. The number of urea groups is 1. The van der Waals surface area contributed by atoms with Crippen molar-refractivity contribution in [2.45, 2.75) is 43.8 Å². The Hall–Kier alpha value is -2.82.